The third-order valence-corrected chi connectivity index (χ3v) is 5.03. The number of hydrogen-bond acceptors (Lipinski definition) is 12. The molecule has 4 aromatic rings. The molecule has 0 spiro atoms. The Kier molecular flexibility index (Phi) is 12.0. The largest absolute Gasteiger partial charge is 0.481 e. The van der Waals surface area contributed by atoms with E-state index in [9.17, 15) is 9.59 Å². The summed E-state index contributed by atoms with van der Waals surface area (Å²) in [5.41, 5.74) is 8.34. The number of anilines is 1. The minimum Gasteiger partial charge on any atom is -0.481 e. The Balaban J connectivity index is 0.000000212. The van der Waals surface area contributed by atoms with Crippen molar-refractivity contribution in [3.63, 3.8) is 0 Å². The van der Waals surface area contributed by atoms with Gasteiger partial charge in [-0.1, -0.05) is 0 Å². The van der Waals surface area contributed by atoms with Crippen LogP contribution in [0.3, 0.4) is 0 Å². The number of nitrogen functional groups attached to an aromatic ring is 1. The molecule has 0 radical (unpaired) electrons. The van der Waals surface area contributed by atoms with Crippen LogP contribution in [0.25, 0.3) is 11.3 Å². The highest BCUT2D eigenvalue weighted by molar-refractivity contribution is 5.97. The molecule has 4 rings (SSSR count). The first-order valence-corrected chi connectivity index (χ1v) is 11.5. The number of Topliss-reactive ketones (excluding diaryl/α,β-unsaturated/α-hetero) is 1. The summed E-state index contributed by atoms with van der Waals surface area (Å²) in [5, 5.41) is 12.6. The second kappa shape index (κ2) is 15.7. The zero-order valence-electron chi connectivity index (χ0n) is 22.7. The zero-order valence-corrected chi connectivity index (χ0v) is 22.7. The number of nitrogens with zero attached hydrogens (tertiary/aromatic N) is 6. The number of rotatable bonds is 7. The Morgan fingerprint density at radius 2 is 1.38 bits per heavy atom. The second-order valence-electron chi connectivity index (χ2n) is 7.59. The summed E-state index contributed by atoms with van der Waals surface area (Å²) in [5.74, 6) is 1.36. The fourth-order valence-corrected chi connectivity index (χ4v) is 2.94. The van der Waals surface area contributed by atoms with Crippen LogP contribution in [0.4, 0.5) is 5.82 Å². The van der Waals surface area contributed by atoms with Gasteiger partial charge in [-0.2, -0.15) is 10.4 Å². The number of ether oxygens (including phenoxy) is 4. The fourth-order valence-electron chi connectivity index (χ4n) is 2.94. The van der Waals surface area contributed by atoms with Crippen molar-refractivity contribution in [2.45, 2.75) is 6.42 Å². The van der Waals surface area contributed by atoms with Crippen molar-refractivity contribution < 1.29 is 28.5 Å². The van der Waals surface area contributed by atoms with Gasteiger partial charge in [-0.15, -0.1) is 0 Å². The van der Waals surface area contributed by atoms with Crippen molar-refractivity contribution in [1.82, 2.24) is 24.7 Å². The van der Waals surface area contributed by atoms with Crippen molar-refractivity contribution in [2.75, 3.05) is 34.2 Å². The van der Waals surface area contributed by atoms with Gasteiger partial charge in [-0.3, -0.25) is 9.48 Å². The number of aryl methyl sites for hydroxylation is 1. The Morgan fingerprint density at radius 1 is 0.850 bits per heavy atom. The van der Waals surface area contributed by atoms with Gasteiger partial charge in [0.25, 0.3) is 0 Å². The molecule has 0 bridgehead atoms. The predicted octanol–water partition coefficient (Wildman–Crippen LogP) is 3.14. The molecule has 0 aromatic carbocycles. The molecule has 0 amide bonds. The molecule has 0 saturated carbocycles. The predicted molar refractivity (Wildman–Crippen MR) is 145 cm³/mol. The van der Waals surface area contributed by atoms with Gasteiger partial charge in [0.05, 0.1) is 52.2 Å². The van der Waals surface area contributed by atoms with Crippen molar-refractivity contribution >= 4 is 17.6 Å². The van der Waals surface area contributed by atoms with Crippen molar-refractivity contribution in [2.24, 2.45) is 7.05 Å². The lowest BCUT2D eigenvalue weighted by Gasteiger charge is -2.00. The summed E-state index contributed by atoms with van der Waals surface area (Å²) < 4.78 is 20.8. The van der Waals surface area contributed by atoms with E-state index >= 15 is 0 Å². The van der Waals surface area contributed by atoms with Crippen LogP contribution in [0.15, 0.2) is 61.1 Å². The van der Waals surface area contributed by atoms with Gasteiger partial charge in [-0.05, 0) is 18.2 Å². The maximum atomic E-state index is 11.2. The van der Waals surface area contributed by atoms with Crippen LogP contribution in [0.2, 0.25) is 0 Å². The molecule has 0 atom stereocenters. The zero-order chi connectivity index (χ0) is 29.5. The molecular weight excluding hydrogens is 518 g/mol. The maximum absolute atomic E-state index is 11.2. The first-order valence-electron chi connectivity index (χ1n) is 11.5. The molecular formula is C27H29N7O6. The average Bonchev–Trinajstić information content (AvgIpc) is 3.35. The van der Waals surface area contributed by atoms with Gasteiger partial charge >= 0.3 is 5.97 Å². The van der Waals surface area contributed by atoms with E-state index in [4.69, 9.17) is 25.2 Å². The molecule has 0 fully saturated rings. The minimum absolute atomic E-state index is 0.118. The van der Waals surface area contributed by atoms with E-state index in [0.717, 1.165) is 11.3 Å². The Hall–Kier alpha value is -5.51. The van der Waals surface area contributed by atoms with Crippen LogP contribution in [0, 0.1) is 11.3 Å². The number of methoxy groups -OCH3 is 4. The van der Waals surface area contributed by atoms with Crippen LogP contribution >= 0.6 is 0 Å². The lowest BCUT2D eigenvalue weighted by molar-refractivity contribution is 0.0600. The number of ketones is 1. The van der Waals surface area contributed by atoms with E-state index in [1.807, 2.05) is 18.2 Å². The lowest BCUT2D eigenvalue weighted by Crippen LogP contribution is -2.01. The average molecular weight is 548 g/mol. The molecule has 2 N–H and O–H groups in total. The van der Waals surface area contributed by atoms with Gasteiger partial charge in [0.15, 0.2) is 5.78 Å². The maximum Gasteiger partial charge on any atom is 0.338 e. The highest BCUT2D eigenvalue weighted by atomic mass is 16.5. The summed E-state index contributed by atoms with van der Waals surface area (Å²) >= 11 is 0. The highest BCUT2D eigenvalue weighted by Crippen LogP contribution is 2.22. The number of carbonyl (C=O) groups excluding carboxylic acids is 2. The Bertz CT molecular complexity index is 1450. The number of hydrogen-bond donors (Lipinski definition) is 1. The van der Waals surface area contributed by atoms with Crippen LogP contribution in [-0.2, 0) is 11.8 Å². The summed E-state index contributed by atoms with van der Waals surface area (Å²) in [6, 6.07) is 13.4. The van der Waals surface area contributed by atoms with E-state index < -0.39 is 5.97 Å². The van der Waals surface area contributed by atoms with Gasteiger partial charge < -0.3 is 24.7 Å². The summed E-state index contributed by atoms with van der Waals surface area (Å²) in [7, 11) is 7.68. The van der Waals surface area contributed by atoms with Gasteiger partial charge in [0.1, 0.15) is 5.82 Å². The topological polar surface area (TPSA) is 177 Å². The minimum atomic E-state index is -0.393. The van der Waals surface area contributed by atoms with E-state index in [0.29, 0.717) is 34.6 Å². The molecule has 40 heavy (non-hydrogen) atoms. The molecule has 0 aliphatic heterocycles. The molecule has 13 heteroatoms. The SMILES string of the molecule is COC(=O)c1ccnc(OC)c1.COc1cc(-c2cc(N)n(C)n2)ccn1.COc1cc(C(=O)CC#N)ccn1. The highest BCUT2D eigenvalue weighted by Gasteiger charge is 2.07. The molecule has 4 aromatic heterocycles. The lowest BCUT2D eigenvalue weighted by atomic mass is 10.1. The molecule has 208 valence electrons. The van der Waals surface area contributed by atoms with Crippen molar-refractivity contribution in [3.8, 4) is 35.0 Å². The van der Waals surface area contributed by atoms with Gasteiger partial charge in [-0.25, -0.2) is 19.7 Å². The molecule has 4 heterocycles. The molecule has 0 aliphatic rings. The summed E-state index contributed by atoms with van der Waals surface area (Å²) in [6.45, 7) is 0. The number of nitriles is 1. The molecule has 13 nitrogen and oxygen atoms in total. The van der Waals surface area contributed by atoms with E-state index in [1.54, 1.807) is 43.2 Å². The van der Waals surface area contributed by atoms with E-state index in [-0.39, 0.29) is 12.2 Å². The fraction of sp³-hybridized carbons (Fsp3) is 0.222. The standard InChI is InChI=1S/C10H12N4O.C9H8N2O2.C8H9NO3/c1-14-9(11)6-8(13-14)7-3-4-12-10(5-7)15-2;1-13-9-6-7(3-5-11-9)8(12)2-4-10;1-11-7-5-6(3-4-9-7)8(10)12-2/h3-6H,11H2,1-2H3;3,5-6H,2H2,1H3;3-5H,1-2H3. The van der Waals surface area contributed by atoms with Crippen LogP contribution in [0.1, 0.15) is 27.1 Å². The van der Waals surface area contributed by atoms with Crippen molar-refractivity contribution in [3.05, 3.63) is 72.2 Å². The Labute approximate surface area is 231 Å². The first kappa shape index (κ1) is 30.7. The quantitative estimate of drug-likeness (QED) is 0.264. The number of pyridine rings is 3. The molecule has 0 unspecified atom stereocenters. The van der Waals surface area contributed by atoms with Crippen molar-refractivity contribution in [1.29, 1.82) is 5.26 Å². The van der Waals surface area contributed by atoms with Crippen LogP contribution < -0.4 is 19.9 Å². The smallest absolute Gasteiger partial charge is 0.338 e. The number of carbonyl (C=O) groups is 2. The van der Waals surface area contributed by atoms with Crippen LogP contribution in [-0.4, -0.2) is 64.9 Å². The second-order valence-corrected chi connectivity index (χ2v) is 7.59. The molecule has 0 saturated heterocycles. The van der Waals surface area contributed by atoms with Gasteiger partial charge in [0.2, 0.25) is 17.6 Å². The third-order valence-electron chi connectivity index (χ3n) is 5.03. The van der Waals surface area contributed by atoms with Crippen LogP contribution in [0.5, 0.6) is 17.6 Å². The van der Waals surface area contributed by atoms with E-state index in [2.05, 4.69) is 24.8 Å². The third kappa shape index (κ3) is 9.10. The molecule has 0 aliphatic carbocycles. The number of nitrogens with two attached hydrogens (primary N) is 1. The van der Waals surface area contributed by atoms with E-state index in [1.165, 1.54) is 45.9 Å². The summed E-state index contributed by atoms with van der Waals surface area (Å²) in [4.78, 5) is 33.9. The first-order chi connectivity index (χ1) is 19.3. The number of aromatic nitrogens is 5. The number of esters is 1. The van der Waals surface area contributed by atoms with Gasteiger partial charge in [0, 0.05) is 61.0 Å². The Morgan fingerprint density at radius 3 is 1.88 bits per heavy atom. The summed E-state index contributed by atoms with van der Waals surface area (Å²) in [6.07, 6.45) is 4.53. The normalized spacial score (nSPS) is 9.50. The monoisotopic (exact) mass is 547 g/mol.